The highest BCUT2D eigenvalue weighted by Gasteiger charge is 2.36. The Balaban J connectivity index is 1.19. The fourth-order valence-corrected chi connectivity index (χ4v) is 5.91. The number of nitrogens with zero attached hydrogens (tertiary/aromatic N) is 3. The van der Waals surface area contributed by atoms with Gasteiger partial charge < -0.3 is 19.5 Å². The maximum absolute atomic E-state index is 13.4. The number of amides is 3. The van der Waals surface area contributed by atoms with Crippen LogP contribution in [0.1, 0.15) is 11.1 Å². The number of anilines is 2. The molecule has 3 heterocycles. The number of para-hydroxylation sites is 3. The molecule has 2 saturated heterocycles. The molecule has 0 atom stereocenters. The molecule has 2 fully saturated rings. The smallest absolute Gasteiger partial charge is 0.294 e. The normalized spacial score (nSPS) is 16.7. The molecule has 0 bridgehead atoms. The Kier molecular flexibility index (Phi) is 7.58. The number of aromatic nitrogens is 1. The molecule has 3 amide bonds. The molecule has 0 saturated carbocycles. The SMILES string of the molecule is O=C(CN1C(=O)S/C(=C\c2cn(Cc3ccc(F)cc3)c3ccccc23)C1=O)Nc1ccccc1N1CCOCC1. The van der Waals surface area contributed by atoms with Gasteiger partial charge in [0.25, 0.3) is 11.1 Å². The van der Waals surface area contributed by atoms with Crippen LogP contribution in [0.5, 0.6) is 0 Å². The summed E-state index contributed by atoms with van der Waals surface area (Å²) in [5.74, 6) is -1.25. The number of hydrogen-bond donors (Lipinski definition) is 1. The number of ether oxygens (including phenoxy) is 1. The Hall–Kier alpha value is -4.41. The first-order valence-corrected chi connectivity index (χ1v) is 14.1. The third-order valence-electron chi connectivity index (χ3n) is 7.08. The fourth-order valence-electron chi connectivity index (χ4n) is 5.08. The zero-order valence-electron chi connectivity index (χ0n) is 22.1. The van der Waals surface area contributed by atoms with E-state index >= 15 is 0 Å². The van der Waals surface area contributed by atoms with Crippen molar-refractivity contribution in [1.29, 1.82) is 0 Å². The number of hydrogen-bond acceptors (Lipinski definition) is 6. The first kappa shape index (κ1) is 26.8. The summed E-state index contributed by atoms with van der Waals surface area (Å²) in [7, 11) is 0. The summed E-state index contributed by atoms with van der Waals surface area (Å²) >= 11 is 0.820. The topological polar surface area (TPSA) is 83.9 Å². The molecule has 8 nitrogen and oxygen atoms in total. The van der Waals surface area contributed by atoms with Gasteiger partial charge in [-0.15, -0.1) is 0 Å². The molecule has 2 aliphatic heterocycles. The minimum atomic E-state index is -0.507. The zero-order valence-corrected chi connectivity index (χ0v) is 22.9. The lowest BCUT2D eigenvalue weighted by molar-refractivity contribution is -0.127. The molecule has 1 aromatic heterocycles. The number of imide groups is 1. The molecular weight excluding hydrogens is 543 g/mol. The number of morpholine rings is 1. The molecule has 10 heteroatoms. The predicted octanol–water partition coefficient (Wildman–Crippen LogP) is 5.34. The molecule has 0 spiro atoms. The second kappa shape index (κ2) is 11.6. The Morgan fingerprint density at radius 3 is 2.51 bits per heavy atom. The van der Waals surface area contributed by atoms with Crippen LogP contribution in [0.3, 0.4) is 0 Å². The molecule has 3 aromatic carbocycles. The van der Waals surface area contributed by atoms with Crippen LogP contribution in [-0.4, -0.2) is 59.4 Å². The van der Waals surface area contributed by atoms with E-state index in [4.69, 9.17) is 4.74 Å². The van der Waals surface area contributed by atoms with Crippen LogP contribution in [-0.2, 0) is 20.9 Å². The summed E-state index contributed by atoms with van der Waals surface area (Å²) in [5.41, 5.74) is 4.14. The van der Waals surface area contributed by atoms with Crippen LogP contribution < -0.4 is 10.2 Å². The Bertz CT molecular complexity index is 1660. The molecule has 0 radical (unpaired) electrons. The van der Waals surface area contributed by atoms with Crippen LogP contribution in [0.4, 0.5) is 20.6 Å². The number of carbonyl (C=O) groups is 3. The number of halogens is 1. The summed E-state index contributed by atoms with van der Waals surface area (Å²) in [4.78, 5) is 42.4. The molecule has 41 heavy (non-hydrogen) atoms. The molecule has 2 aliphatic rings. The molecule has 6 rings (SSSR count). The largest absolute Gasteiger partial charge is 0.378 e. The van der Waals surface area contributed by atoms with E-state index in [2.05, 4.69) is 10.2 Å². The van der Waals surface area contributed by atoms with Crippen LogP contribution in [0, 0.1) is 5.82 Å². The lowest BCUT2D eigenvalue weighted by atomic mass is 10.1. The van der Waals surface area contributed by atoms with E-state index in [-0.39, 0.29) is 17.3 Å². The van der Waals surface area contributed by atoms with Gasteiger partial charge in [-0.2, -0.15) is 0 Å². The van der Waals surface area contributed by atoms with Crippen LogP contribution in [0.15, 0.2) is 83.9 Å². The number of benzene rings is 3. The van der Waals surface area contributed by atoms with Gasteiger partial charge in [0.15, 0.2) is 0 Å². The van der Waals surface area contributed by atoms with Gasteiger partial charge in [0.1, 0.15) is 12.4 Å². The molecule has 0 unspecified atom stereocenters. The Morgan fingerprint density at radius 2 is 1.71 bits per heavy atom. The van der Waals surface area contributed by atoms with Crippen LogP contribution in [0.2, 0.25) is 0 Å². The van der Waals surface area contributed by atoms with Gasteiger partial charge in [-0.25, -0.2) is 4.39 Å². The monoisotopic (exact) mass is 570 g/mol. The third-order valence-corrected chi connectivity index (χ3v) is 7.98. The van der Waals surface area contributed by atoms with E-state index in [1.54, 1.807) is 24.3 Å². The Labute approximate surface area is 240 Å². The highest BCUT2D eigenvalue weighted by molar-refractivity contribution is 8.18. The standard InChI is InChI=1S/C31H27FN4O4S/c32-23-11-9-21(10-12-23)18-35-19-22(24-5-1-3-7-26(24)35)17-28-30(38)36(31(39)41-28)20-29(37)33-25-6-2-4-8-27(25)34-13-15-40-16-14-34/h1-12,17,19H,13-16,18,20H2,(H,33,37)/b28-17-. The number of rotatable bonds is 7. The van der Waals surface area contributed by atoms with E-state index in [0.717, 1.165) is 44.4 Å². The lowest BCUT2D eigenvalue weighted by Crippen LogP contribution is -2.38. The highest BCUT2D eigenvalue weighted by atomic mass is 32.2. The van der Waals surface area contributed by atoms with Gasteiger partial charge in [-0.05, 0) is 53.7 Å². The van der Waals surface area contributed by atoms with Crippen LogP contribution >= 0.6 is 11.8 Å². The first-order chi connectivity index (χ1) is 20.0. The summed E-state index contributed by atoms with van der Waals surface area (Å²) < 4.78 is 20.8. The van der Waals surface area contributed by atoms with Gasteiger partial charge in [0, 0.05) is 42.3 Å². The van der Waals surface area contributed by atoms with E-state index in [9.17, 15) is 18.8 Å². The van der Waals surface area contributed by atoms with E-state index in [1.165, 1.54) is 12.1 Å². The first-order valence-electron chi connectivity index (χ1n) is 13.3. The molecule has 208 valence electrons. The average Bonchev–Trinajstić information content (AvgIpc) is 3.46. The van der Waals surface area contributed by atoms with Gasteiger partial charge in [-0.1, -0.05) is 42.5 Å². The van der Waals surface area contributed by atoms with E-state index < -0.39 is 17.1 Å². The number of nitrogens with one attached hydrogen (secondary N) is 1. The quantitative estimate of drug-likeness (QED) is 0.302. The fraction of sp³-hybridized carbons (Fsp3) is 0.194. The number of carbonyl (C=O) groups excluding carboxylic acids is 3. The minimum absolute atomic E-state index is 0.251. The van der Waals surface area contributed by atoms with Gasteiger partial charge in [-0.3, -0.25) is 19.3 Å². The van der Waals surface area contributed by atoms with Gasteiger partial charge in [0.2, 0.25) is 5.91 Å². The molecule has 4 aromatic rings. The second-order valence-corrected chi connectivity index (χ2v) is 10.8. The van der Waals surface area contributed by atoms with Crippen LogP contribution in [0.25, 0.3) is 17.0 Å². The van der Waals surface area contributed by atoms with E-state index in [0.29, 0.717) is 38.5 Å². The summed E-state index contributed by atoms with van der Waals surface area (Å²) in [6.45, 7) is 2.77. The van der Waals surface area contributed by atoms with Crippen molar-refractivity contribution in [2.75, 3.05) is 43.1 Å². The van der Waals surface area contributed by atoms with Crippen molar-refractivity contribution in [3.05, 3.63) is 101 Å². The number of fused-ring (bicyclic) bond motifs is 1. The molecule has 1 N–H and O–H groups in total. The van der Waals surface area contributed by atoms with Crippen molar-refractivity contribution in [2.24, 2.45) is 0 Å². The maximum Gasteiger partial charge on any atom is 0.294 e. The average molecular weight is 571 g/mol. The minimum Gasteiger partial charge on any atom is -0.378 e. The third kappa shape index (κ3) is 5.75. The second-order valence-electron chi connectivity index (χ2n) is 9.79. The van der Waals surface area contributed by atoms with Gasteiger partial charge >= 0.3 is 0 Å². The zero-order chi connectivity index (χ0) is 28.3. The van der Waals surface area contributed by atoms with Crippen molar-refractivity contribution in [3.8, 4) is 0 Å². The predicted molar refractivity (Wildman–Crippen MR) is 158 cm³/mol. The van der Waals surface area contributed by atoms with Crippen molar-refractivity contribution in [1.82, 2.24) is 9.47 Å². The summed E-state index contributed by atoms with van der Waals surface area (Å²) in [6.07, 6.45) is 3.61. The van der Waals surface area contributed by atoms with Crippen molar-refractivity contribution in [2.45, 2.75) is 6.54 Å². The van der Waals surface area contributed by atoms with Crippen molar-refractivity contribution < 1.29 is 23.5 Å². The Morgan fingerprint density at radius 1 is 0.976 bits per heavy atom. The van der Waals surface area contributed by atoms with E-state index in [1.807, 2.05) is 53.2 Å². The maximum atomic E-state index is 13.4. The summed E-state index contributed by atoms with van der Waals surface area (Å²) in [6, 6.07) is 21.5. The van der Waals surface area contributed by atoms with Crippen molar-refractivity contribution >= 4 is 57.2 Å². The molecular formula is C31H27FN4O4S. The number of thioether (sulfide) groups is 1. The molecule has 0 aliphatic carbocycles. The highest BCUT2D eigenvalue weighted by Crippen LogP contribution is 2.34. The lowest BCUT2D eigenvalue weighted by Gasteiger charge is -2.30. The summed E-state index contributed by atoms with van der Waals surface area (Å²) in [5, 5.41) is 3.29. The van der Waals surface area contributed by atoms with Crippen molar-refractivity contribution in [3.63, 3.8) is 0 Å². The van der Waals surface area contributed by atoms with Gasteiger partial charge in [0.05, 0.1) is 29.5 Å².